The van der Waals surface area contributed by atoms with Gasteiger partial charge in [-0.3, -0.25) is 4.99 Å². The van der Waals surface area contributed by atoms with E-state index in [2.05, 4.69) is 25.6 Å². The van der Waals surface area contributed by atoms with Gasteiger partial charge in [-0.05, 0) is 6.07 Å². The summed E-state index contributed by atoms with van der Waals surface area (Å²) in [5.41, 5.74) is 0.926. The largest absolute Gasteiger partial charge is 0.359 e. The first-order chi connectivity index (χ1) is 7.67. The van der Waals surface area contributed by atoms with Crippen molar-refractivity contribution >= 4 is 35.9 Å². The molecule has 0 amide bonds. The number of hydrogen-bond acceptors (Lipinski definition) is 4. The molecular formula is C10H19IN6. The lowest BCUT2D eigenvalue weighted by Gasteiger charge is -2.12. The molecular weight excluding hydrogens is 331 g/mol. The highest BCUT2D eigenvalue weighted by molar-refractivity contribution is 14.0. The van der Waals surface area contributed by atoms with Crippen LogP contribution in [0.25, 0.3) is 0 Å². The second-order valence-electron chi connectivity index (χ2n) is 3.42. The molecule has 1 aromatic rings. The molecule has 1 aromatic heterocycles. The molecule has 0 aliphatic rings. The third-order valence-corrected chi connectivity index (χ3v) is 2.00. The normalized spacial score (nSPS) is 10.5. The van der Waals surface area contributed by atoms with Crippen molar-refractivity contribution in [1.82, 2.24) is 20.6 Å². The summed E-state index contributed by atoms with van der Waals surface area (Å²) in [5, 5.41) is 6.08. The van der Waals surface area contributed by atoms with Gasteiger partial charge in [-0.15, -0.1) is 24.0 Å². The molecule has 0 aliphatic carbocycles. The number of rotatable bonds is 3. The number of guanidine groups is 1. The molecule has 96 valence electrons. The Morgan fingerprint density at radius 3 is 2.71 bits per heavy atom. The predicted molar refractivity (Wildman–Crippen MR) is 81.0 cm³/mol. The number of aromatic nitrogens is 2. The number of nitrogens with one attached hydrogen (secondary N) is 2. The summed E-state index contributed by atoms with van der Waals surface area (Å²) in [7, 11) is 7.38. The van der Waals surface area contributed by atoms with E-state index in [-0.39, 0.29) is 24.0 Å². The Hall–Kier alpha value is -1.12. The van der Waals surface area contributed by atoms with Gasteiger partial charge in [-0.1, -0.05) is 0 Å². The van der Waals surface area contributed by atoms with Gasteiger partial charge in [0.15, 0.2) is 5.96 Å². The quantitative estimate of drug-likeness (QED) is 0.471. The SMILES string of the molecule is CN=C(NC)NCc1ccnc(N(C)C)n1.I. The average molecular weight is 350 g/mol. The van der Waals surface area contributed by atoms with E-state index >= 15 is 0 Å². The summed E-state index contributed by atoms with van der Waals surface area (Å²) < 4.78 is 0. The Labute approximate surface area is 119 Å². The Balaban J connectivity index is 0.00000256. The topological polar surface area (TPSA) is 65.4 Å². The molecule has 0 spiro atoms. The maximum atomic E-state index is 4.38. The van der Waals surface area contributed by atoms with Crippen molar-refractivity contribution in [2.24, 2.45) is 4.99 Å². The van der Waals surface area contributed by atoms with Crippen molar-refractivity contribution in [1.29, 1.82) is 0 Å². The lowest BCUT2D eigenvalue weighted by Crippen LogP contribution is -2.34. The number of hydrogen-bond donors (Lipinski definition) is 2. The first kappa shape index (κ1) is 15.9. The van der Waals surface area contributed by atoms with Gasteiger partial charge in [0, 0.05) is 34.4 Å². The van der Waals surface area contributed by atoms with Crippen molar-refractivity contribution in [3.05, 3.63) is 18.0 Å². The minimum absolute atomic E-state index is 0. The third kappa shape index (κ3) is 5.16. The second-order valence-corrected chi connectivity index (χ2v) is 3.42. The van der Waals surface area contributed by atoms with Gasteiger partial charge in [-0.2, -0.15) is 0 Å². The molecule has 1 heterocycles. The highest BCUT2D eigenvalue weighted by Crippen LogP contribution is 2.02. The first-order valence-electron chi connectivity index (χ1n) is 5.05. The van der Waals surface area contributed by atoms with Crippen LogP contribution in [0.5, 0.6) is 0 Å². The van der Waals surface area contributed by atoms with Crippen LogP contribution in [0.2, 0.25) is 0 Å². The number of aliphatic imine (C=N–C) groups is 1. The van der Waals surface area contributed by atoms with Crippen LogP contribution in [0.4, 0.5) is 5.95 Å². The zero-order chi connectivity index (χ0) is 12.0. The maximum absolute atomic E-state index is 4.38. The summed E-state index contributed by atoms with van der Waals surface area (Å²) in [6.07, 6.45) is 1.75. The monoisotopic (exact) mass is 350 g/mol. The molecule has 7 heteroatoms. The molecule has 0 fully saturated rings. The fraction of sp³-hybridized carbons (Fsp3) is 0.500. The van der Waals surface area contributed by atoms with E-state index in [1.54, 1.807) is 13.2 Å². The zero-order valence-electron chi connectivity index (χ0n) is 10.6. The summed E-state index contributed by atoms with van der Waals surface area (Å²) >= 11 is 0. The Bertz CT molecular complexity index is 366. The summed E-state index contributed by atoms with van der Waals surface area (Å²) in [4.78, 5) is 14.4. The van der Waals surface area contributed by atoms with Gasteiger partial charge in [0.2, 0.25) is 5.95 Å². The average Bonchev–Trinajstić information content (AvgIpc) is 2.31. The number of anilines is 1. The van der Waals surface area contributed by atoms with Gasteiger partial charge in [0.25, 0.3) is 0 Å². The molecule has 0 saturated heterocycles. The summed E-state index contributed by atoms with van der Waals surface area (Å²) in [6.45, 7) is 0.622. The van der Waals surface area contributed by atoms with Crippen molar-refractivity contribution in [2.75, 3.05) is 33.1 Å². The number of nitrogens with zero attached hydrogens (tertiary/aromatic N) is 4. The second kappa shape index (κ2) is 8.04. The Morgan fingerprint density at radius 1 is 1.47 bits per heavy atom. The van der Waals surface area contributed by atoms with Crippen LogP contribution >= 0.6 is 24.0 Å². The van der Waals surface area contributed by atoms with E-state index in [1.165, 1.54) is 0 Å². The predicted octanol–water partition coefficient (Wildman–Crippen LogP) is 0.455. The first-order valence-corrected chi connectivity index (χ1v) is 5.05. The van der Waals surface area contributed by atoms with Crippen LogP contribution < -0.4 is 15.5 Å². The van der Waals surface area contributed by atoms with Gasteiger partial charge in [0.1, 0.15) is 0 Å². The van der Waals surface area contributed by atoms with Crippen molar-refractivity contribution in [3.8, 4) is 0 Å². The molecule has 0 unspecified atom stereocenters. The Kier molecular flexibility index (Phi) is 7.51. The fourth-order valence-corrected chi connectivity index (χ4v) is 1.15. The highest BCUT2D eigenvalue weighted by atomic mass is 127. The molecule has 6 nitrogen and oxygen atoms in total. The third-order valence-electron chi connectivity index (χ3n) is 2.00. The van der Waals surface area contributed by atoms with Gasteiger partial charge in [0.05, 0.1) is 12.2 Å². The highest BCUT2D eigenvalue weighted by Gasteiger charge is 2.01. The van der Waals surface area contributed by atoms with E-state index in [4.69, 9.17) is 0 Å². The molecule has 2 N–H and O–H groups in total. The van der Waals surface area contributed by atoms with E-state index in [9.17, 15) is 0 Å². The standard InChI is InChI=1S/C10H18N6.HI/c1-11-9(12-2)14-7-8-5-6-13-10(15-8)16(3)4;/h5-6H,7H2,1-4H3,(H2,11,12,14);1H. The van der Waals surface area contributed by atoms with Crippen LogP contribution in [-0.4, -0.2) is 44.1 Å². The van der Waals surface area contributed by atoms with Crippen LogP contribution in [-0.2, 0) is 6.54 Å². The molecule has 17 heavy (non-hydrogen) atoms. The summed E-state index contributed by atoms with van der Waals surface area (Å²) in [5.74, 6) is 1.45. The van der Waals surface area contributed by atoms with Gasteiger partial charge in [-0.25, -0.2) is 9.97 Å². The lowest BCUT2D eigenvalue weighted by molar-refractivity contribution is 0.824. The lowest BCUT2D eigenvalue weighted by atomic mass is 10.4. The smallest absolute Gasteiger partial charge is 0.225 e. The fourth-order valence-electron chi connectivity index (χ4n) is 1.15. The Morgan fingerprint density at radius 2 is 2.18 bits per heavy atom. The van der Waals surface area contributed by atoms with Crippen LogP contribution in [0, 0.1) is 0 Å². The molecule has 0 aliphatic heterocycles. The van der Waals surface area contributed by atoms with Crippen LogP contribution in [0.3, 0.4) is 0 Å². The number of halogens is 1. The van der Waals surface area contributed by atoms with Gasteiger partial charge >= 0.3 is 0 Å². The molecule has 1 rings (SSSR count). The van der Waals surface area contributed by atoms with E-state index < -0.39 is 0 Å². The minimum Gasteiger partial charge on any atom is -0.359 e. The van der Waals surface area contributed by atoms with Crippen molar-refractivity contribution < 1.29 is 0 Å². The van der Waals surface area contributed by atoms with Crippen molar-refractivity contribution in [3.63, 3.8) is 0 Å². The zero-order valence-corrected chi connectivity index (χ0v) is 12.9. The van der Waals surface area contributed by atoms with Crippen LogP contribution in [0.1, 0.15) is 5.69 Å². The molecule has 0 atom stereocenters. The van der Waals surface area contributed by atoms with Gasteiger partial charge < -0.3 is 15.5 Å². The van der Waals surface area contributed by atoms with E-state index in [0.29, 0.717) is 12.5 Å². The van der Waals surface area contributed by atoms with E-state index in [1.807, 2.05) is 32.1 Å². The molecule has 0 saturated carbocycles. The summed E-state index contributed by atoms with van der Waals surface area (Å²) in [6, 6.07) is 1.88. The van der Waals surface area contributed by atoms with E-state index in [0.717, 1.165) is 11.7 Å². The maximum Gasteiger partial charge on any atom is 0.225 e. The molecule has 0 radical (unpaired) electrons. The minimum atomic E-state index is 0. The van der Waals surface area contributed by atoms with Crippen LogP contribution in [0.15, 0.2) is 17.3 Å². The molecule has 0 bridgehead atoms. The van der Waals surface area contributed by atoms with Crippen molar-refractivity contribution in [2.45, 2.75) is 6.54 Å². The molecule has 0 aromatic carbocycles.